The molecule has 2 heterocycles. The topological polar surface area (TPSA) is 76.6 Å². The molecule has 3 amide bonds. The lowest BCUT2D eigenvalue weighted by molar-refractivity contribution is -1.06. The number of aromatic nitrogens is 1. The highest BCUT2D eigenvalue weighted by Gasteiger charge is 2.71. The summed E-state index contributed by atoms with van der Waals surface area (Å²) in [5, 5.41) is 0.302. The van der Waals surface area contributed by atoms with Gasteiger partial charge < -0.3 is 0 Å². The van der Waals surface area contributed by atoms with Crippen LogP contribution in [0.15, 0.2) is 53.7 Å². The van der Waals surface area contributed by atoms with Crippen LogP contribution in [0.3, 0.4) is 0 Å². The molecule has 0 spiro atoms. The van der Waals surface area contributed by atoms with Crippen LogP contribution >= 0.6 is 11.8 Å². The van der Waals surface area contributed by atoms with Gasteiger partial charge in [-0.25, -0.2) is 9.59 Å². The van der Waals surface area contributed by atoms with Crippen LogP contribution < -0.4 is 4.90 Å². The van der Waals surface area contributed by atoms with Crippen molar-refractivity contribution in [1.29, 1.82) is 0 Å². The Hall–Kier alpha value is -2.92. The second-order valence-corrected chi connectivity index (χ2v) is 9.92. The van der Waals surface area contributed by atoms with Gasteiger partial charge in [0.2, 0.25) is 5.54 Å². The molecule has 7 nitrogen and oxygen atoms in total. The summed E-state index contributed by atoms with van der Waals surface area (Å²) in [6.45, 7) is 6.09. The summed E-state index contributed by atoms with van der Waals surface area (Å²) in [5.74, 6) is -3.35. The summed E-state index contributed by atoms with van der Waals surface area (Å²) in [6.07, 6.45) is -2.59. The van der Waals surface area contributed by atoms with Gasteiger partial charge in [-0.05, 0) is 41.0 Å². The second-order valence-electron chi connectivity index (χ2n) is 8.27. The second kappa shape index (κ2) is 8.79. The van der Waals surface area contributed by atoms with Crippen molar-refractivity contribution in [2.24, 2.45) is 0 Å². The van der Waals surface area contributed by atoms with E-state index in [-0.39, 0.29) is 5.69 Å². The molecule has 1 atom stereocenters. The van der Waals surface area contributed by atoms with Crippen LogP contribution in [0.5, 0.6) is 0 Å². The molecule has 1 aromatic carbocycles. The number of hydrogen-bond donors (Lipinski definition) is 0. The number of pyridine rings is 1. The third-order valence-corrected chi connectivity index (χ3v) is 6.24. The first-order valence-corrected chi connectivity index (χ1v) is 10.9. The van der Waals surface area contributed by atoms with Crippen LogP contribution in [0.1, 0.15) is 33.3 Å². The fourth-order valence-corrected chi connectivity index (χ4v) is 4.32. The summed E-state index contributed by atoms with van der Waals surface area (Å²) in [7, 11) is 0. The molecule has 1 aromatic heterocycles. The Labute approximate surface area is 193 Å². The van der Waals surface area contributed by atoms with E-state index < -0.39 is 40.8 Å². The molecule has 1 aliphatic heterocycles. The molecule has 1 fully saturated rings. The zero-order chi connectivity index (χ0) is 24.6. The summed E-state index contributed by atoms with van der Waals surface area (Å²) in [4.78, 5) is 49.2. The zero-order valence-corrected chi connectivity index (χ0v) is 19.2. The Balaban J connectivity index is 2.09. The highest BCUT2D eigenvalue weighted by Crippen LogP contribution is 2.42. The summed E-state index contributed by atoms with van der Waals surface area (Å²) < 4.78 is 37.9. The maximum absolute atomic E-state index is 13.6. The average molecular weight is 483 g/mol. The van der Waals surface area contributed by atoms with E-state index in [2.05, 4.69) is 4.98 Å². The number of anilines is 1. The molecule has 0 aliphatic carbocycles. The molecule has 176 valence electrons. The first kappa shape index (κ1) is 24.7. The van der Waals surface area contributed by atoms with Crippen LogP contribution in [0, 0.1) is 0 Å². The number of halogens is 3. The molecule has 11 heteroatoms. The van der Waals surface area contributed by atoms with Crippen molar-refractivity contribution in [3.05, 3.63) is 54.4 Å². The minimum absolute atomic E-state index is 0.170. The number of imide groups is 1. The first-order chi connectivity index (χ1) is 15.3. The van der Waals surface area contributed by atoms with E-state index in [9.17, 15) is 27.6 Å². The Kier molecular flexibility index (Phi) is 6.58. The van der Waals surface area contributed by atoms with Gasteiger partial charge in [-0.2, -0.15) is 18.1 Å². The van der Waals surface area contributed by atoms with Crippen molar-refractivity contribution in [3.63, 3.8) is 0 Å². The zero-order valence-electron chi connectivity index (χ0n) is 18.4. The maximum Gasteiger partial charge on any atom is 0.497 e. The highest BCUT2D eigenvalue weighted by atomic mass is 32.2. The largest absolute Gasteiger partial charge is 0.497 e. The summed E-state index contributed by atoms with van der Waals surface area (Å²) in [6, 6.07) is 8.34. The number of quaternary nitrogens is 1. The van der Waals surface area contributed by atoms with Gasteiger partial charge >= 0.3 is 24.1 Å². The van der Waals surface area contributed by atoms with Gasteiger partial charge in [0.15, 0.2) is 6.54 Å². The van der Waals surface area contributed by atoms with E-state index >= 15 is 0 Å². The molecule has 3 rings (SSSR count). The van der Waals surface area contributed by atoms with E-state index in [1.165, 1.54) is 50.5 Å². The van der Waals surface area contributed by atoms with Crippen LogP contribution in [0.25, 0.3) is 0 Å². The quantitative estimate of drug-likeness (QED) is 0.332. The summed E-state index contributed by atoms with van der Waals surface area (Å²) in [5.41, 5.74) is -1.31. The van der Waals surface area contributed by atoms with Crippen LogP contribution in [0.4, 0.5) is 23.7 Å². The number of rotatable bonds is 6. The van der Waals surface area contributed by atoms with Crippen LogP contribution in [0.2, 0.25) is 0 Å². The van der Waals surface area contributed by atoms with E-state index in [0.717, 1.165) is 9.80 Å². The van der Waals surface area contributed by atoms with Crippen molar-refractivity contribution < 1.29 is 37.0 Å². The van der Waals surface area contributed by atoms with Crippen molar-refractivity contribution in [3.8, 4) is 0 Å². The van der Waals surface area contributed by atoms with Crippen molar-refractivity contribution in [2.75, 3.05) is 4.90 Å². The number of hydrogen-bond acceptors (Lipinski definition) is 6. The predicted molar refractivity (Wildman–Crippen MR) is 115 cm³/mol. The molecule has 1 aliphatic rings. The number of nitrogens with zero attached hydrogens (tertiary/aromatic N) is 3. The number of carbonyl (C=O) groups excluding carboxylic acids is 3. The monoisotopic (exact) mass is 482 g/mol. The number of amides is 3. The van der Waals surface area contributed by atoms with E-state index in [0.29, 0.717) is 10.8 Å². The minimum Gasteiger partial charge on any atom is -0.266 e. The average Bonchev–Trinajstić information content (AvgIpc) is 2.86. The molecule has 0 bridgehead atoms. The number of urea groups is 1. The van der Waals surface area contributed by atoms with Gasteiger partial charge in [0.05, 0.1) is 5.69 Å². The highest BCUT2D eigenvalue weighted by molar-refractivity contribution is 7.99. The van der Waals surface area contributed by atoms with Gasteiger partial charge in [-0.3, -0.25) is 14.6 Å². The Morgan fingerprint density at radius 3 is 2.21 bits per heavy atom. The lowest BCUT2D eigenvalue weighted by atomic mass is 10.0. The molecule has 2 aromatic rings. The lowest BCUT2D eigenvalue weighted by Crippen LogP contribution is -2.62. The summed E-state index contributed by atoms with van der Waals surface area (Å²) >= 11 is 1.57. The third-order valence-electron chi connectivity index (χ3n) is 5.22. The molecular weight excluding hydrogens is 459 g/mol. The normalized spacial score (nSPS) is 20.4. The van der Waals surface area contributed by atoms with Crippen molar-refractivity contribution in [1.82, 2.24) is 4.98 Å². The number of hydroxylamine groups is 3. The van der Waals surface area contributed by atoms with Crippen LogP contribution in [-0.4, -0.2) is 44.5 Å². The van der Waals surface area contributed by atoms with Crippen LogP contribution in [-0.2, 0) is 21.0 Å². The van der Waals surface area contributed by atoms with Gasteiger partial charge in [-0.15, -0.1) is 11.8 Å². The fourth-order valence-electron chi connectivity index (χ4n) is 3.48. The number of alkyl halides is 3. The molecule has 1 unspecified atom stereocenters. The van der Waals surface area contributed by atoms with Crippen molar-refractivity contribution in [2.45, 2.75) is 56.1 Å². The third kappa shape index (κ3) is 4.60. The van der Waals surface area contributed by atoms with Gasteiger partial charge in [-0.1, -0.05) is 13.8 Å². The standard InChI is InChI=1S/C22H23F3N3O4S/c1-14(2)33-17-7-5-16(6-8-17)27-18(29)21(3,4)28(20(27)31,32-19(30)22(23,24)25)13-15-9-11-26-12-10-15/h5-12,14H,13H2,1-4H3/q+1. The fraction of sp³-hybridized carbons (Fsp3) is 0.364. The molecule has 33 heavy (non-hydrogen) atoms. The first-order valence-electron chi connectivity index (χ1n) is 10.0. The Morgan fingerprint density at radius 1 is 1.12 bits per heavy atom. The predicted octanol–water partition coefficient (Wildman–Crippen LogP) is 4.86. The minimum atomic E-state index is -5.36. The maximum atomic E-state index is 13.6. The molecule has 0 saturated carbocycles. The van der Waals surface area contributed by atoms with Gasteiger partial charge in [0.25, 0.3) is 0 Å². The SMILES string of the molecule is CC(C)Sc1ccc(N2C(=O)C(C)(C)[N+](Cc3ccncc3)(OC(=O)C(F)(F)F)C2=O)cc1. The van der Waals surface area contributed by atoms with E-state index in [1.807, 2.05) is 13.8 Å². The number of carbonyl (C=O) groups is 3. The Morgan fingerprint density at radius 2 is 1.70 bits per heavy atom. The smallest absolute Gasteiger partial charge is 0.266 e. The van der Waals surface area contributed by atoms with E-state index in [4.69, 9.17) is 4.84 Å². The van der Waals surface area contributed by atoms with E-state index in [1.54, 1.807) is 23.9 Å². The Bertz CT molecular complexity index is 1060. The molecule has 1 saturated heterocycles. The number of thioether (sulfide) groups is 1. The van der Waals surface area contributed by atoms with Crippen molar-refractivity contribution >= 4 is 35.4 Å². The number of benzene rings is 1. The lowest BCUT2D eigenvalue weighted by Gasteiger charge is -2.35. The van der Waals surface area contributed by atoms with Gasteiger partial charge in [0.1, 0.15) is 0 Å². The molecule has 0 radical (unpaired) electrons. The molecular formula is C22H23F3N3O4S+. The van der Waals surface area contributed by atoms with Gasteiger partial charge in [0, 0.05) is 42.0 Å². The molecule has 0 N–H and O–H groups in total.